The normalized spacial score (nSPS) is 11.9. The van der Waals surface area contributed by atoms with Crippen LogP contribution in [0.1, 0.15) is 0 Å². The van der Waals surface area contributed by atoms with Crippen molar-refractivity contribution in [2.24, 2.45) is 31.9 Å². The first-order valence-corrected chi connectivity index (χ1v) is 10.5. The van der Waals surface area contributed by atoms with Crippen LogP contribution >= 0.6 is 0 Å². The zero-order chi connectivity index (χ0) is 24.9. The molecule has 4 amide bonds. The molecule has 13 heteroatoms. The first-order chi connectivity index (χ1) is 16.9. The molecule has 2 aromatic heterocycles. The summed E-state index contributed by atoms with van der Waals surface area (Å²) in [6, 6.07) is 12.3. The number of azo groups is 2. The Hall–Kier alpha value is -4.78. The number of rotatable bonds is 8. The van der Waals surface area contributed by atoms with Gasteiger partial charge in [-0.15, -0.1) is 10.2 Å². The number of carbonyl (C=O) groups excluding carboxylic acids is 2. The number of nitrogens with zero attached hydrogens (tertiary/aromatic N) is 6. The molecule has 0 radical (unpaired) electrons. The Bertz CT molecular complexity index is 1360. The first kappa shape index (κ1) is 23.4. The van der Waals surface area contributed by atoms with Crippen molar-refractivity contribution in [1.82, 2.24) is 9.13 Å². The maximum Gasteiger partial charge on any atom is 0.356 e. The number of aromatic nitrogens is 2. The highest BCUT2D eigenvalue weighted by Gasteiger charge is 2.18. The summed E-state index contributed by atoms with van der Waals surface area (Å²) in [4.78, 5) is 21.9. The monoisotopic (exact) mass is 478 g/mol. The molecule has 0 saturated heterocycles. The molecule has 35 heavy (non-hydrogen) atoms. The number of primary amides is 2. The largest absolute Gasteiger partial charge is 0.493 e. The zero-order valence-electron chi connectivity index (χ0n) is 18.4. The fourth-order valence-electron chi connectivity index (χ4n) is 3.81. The quantitative estimate of drug-likeness (QED) is 0.218. The minimum absolute atomic E-state index is 0.140. The minimum atomic E-state index is -0.968. The molecular weight excluding hydrogens is 456 g/mol. The summed E-state index contributed by atoms with van der Waals surface area (Å²) in [5.74, 6) is -0.336. The van der Waals surface area contributed by atoms with E-state index in [-0.39, 0.29) is 49.4 Å². The van der Waals surface area contributed by atoms with Crippen molar-refractivity contribution < 1.29 is 24.5 Å². The van der Waals surface area contributed by atoms with Crippen LogP contribution in [0.25, 0.3) is 21.8 Å². The van der Waals surface area contributed by atoms with Gasteiger partial charge in [-0.25, -0.2) is 9.59 Å². The molecule has 0 aliphatic carbocycles. The molecule has 2 aromatic carbocycles. The van der Waals surface area contributed by atoms with Crippen molar-refractivity contribution in [3.63, 3.8) is 0 Å². The van der Waals surface area contributed by atoms with Crippen LogP contribution < -0.4 is 11.5 Å². The lowest BCUT2D eigenvalue weighted by molar-refractivity contribution is 0.117. The van der Waals surface area contributed by atoms with Crippen molar-refractivity contribution in [2.75, 3.05) is 13.2 Å². The fourth-order valence-corrected chi connectivity index (χ4v) is 3.81. The van der Waals surface area contributed by atoms with Gasteiger partial charge in [0.25, 0.3) is 0 Å². The van der Waals surface area contributed by atoms with E-state index in [2.05, 4.69) is 20.5 Å². The molecule has 6 N–H and O–H groups in total. The van der Waals surface area contributed by atoms with Gasteiger partial charge in [0.1, 0.15) is 0 Å². The zero-order valence-corrected chi connectivity index (χ0v) is 18.4. The Morgan fingerprint density at radius 3 is 1.54 bits per heavy atom. The van der Waals surface area contributed by atoms with Crippen LogP contribution in [0, 0.1) is 0 Å². The summed E-state index contributed by atoms with van der Waals surface area (Å²) in [6.45, 7) is 1.03. The van der Waals surface area contributed by atoms with Crippen molar-refractivity contribution in [2.45, 2.75) is 13.1 Å². The topological polar surface area (TPSA) is 195 Å². The number of urea groups is 2. The lowest BCUT2D eigenvalue weighted by atomic mass is 10.2. The van der Waals surface area contributed by atoms with Gasteiger partial charge in [-0.1, -0.05) is 46.6 Å². The van der Waals surface area contributed by atoms with Gasteiger partial charge in [0.2, 0.25) is 11.8 Å². The van der Waals surface area contributed by atoms with Gasteiger partial charge in [-0.05, 0) is 12.1 Å². The molecule has 4 rings (SSSR count). The van der Waals surface area contributed by atoms with E-state index in [0.29, 0.717) is 21.8 Å². The highest BCUT2D eigenvalue weighted by Crippen LogP contribution is 2.39. The number of amides is 4. The molecule has 0 atom stereocenters. The predicted octanol–water partition coefficient (Wildman–Crippen LogP) is 4.05. The Morgan fingerprint density at radius 1 is 0.743 bits per heavy atom. The Balaban J connectivity index is 1.47. The molecule has 180 valence electrons. The Labute approximate surface area is 197 Å². The number of fused-ring (bicyclic) bond motifs is 2. The number of para-hydroxylation sites is 2. The smallest absolute Gasteiger partial charge is 0.356 e. The summed E-state index contributed by atoms with van der Waals surface area (Å²) in [7, 11) is 0. The number of carbonyl (C=O) groups is 2. The second-order valence-corrected chi connectivity index (χ2v) is 7.37. The van der Waals surface area contributed by atoms with Gasteiger partial charge in [-0.2, -0.15) is 0 Å². The third-order valence-electron chi connectivity index (χ3n) is 5.25. The highest BCUT2D eigenvalue weighted by molar-refractivity contribution is 5.96. The number of benzene rings is 2. The van der Waals surface area contributed by atoms with Crippen LogP contribution in [0.5, 0.6) is 11.8 Å². The van der Waals surface area contributed by atoms with Gasteiger partial charge in [0.05, 0.1) is 24.2 Å². The van der Waals surface area contributed by atoms with Crippen LogP contribution in [-0.2, 0) is 17.8 Å². The van der Waals surface area contributed by atoms with E-state index in [0.717, 1.165) is 0 Å². The highest BCUT2D eigenvalue weighted by atomic mass is 16.5. The van der Waals surface area contributed by atoms with Gasteiger partial charge in [-0.3, -0.25) is 0 Å². The summed E-state index contributed by atoms with van der Waals surface area (Å²) in [5.41, 5.74) is 11.7. The van der Waals surface area contributed by atoms with E-state index >= 15 is 0 Å². The molecule has 0 unspecified atom stereocenters. The van der Waals surface area contributed by atoms with Crippen LogP contribution in [0.15, 0.2) is 69.0 Å². The van der Waals surface area contributed by atoms with Crippen molar-refractivity contribution in [1.29, 1.82) is 0 Å². The second-order valence-electron chi connectivity index (χ2n) is 7.37. The summed E-state index contributed by atoms with van der Waals surface area (Å²) < 4.78 is 8.93. The maximum atomic E-state index is 11.0. The molecular formula is C22H22N8O5. The first-order valence-electron chi connectivity index (χ1n) is 10.5. The molecule has 13 nitrogen and oxygen atoms in total. The number of ether oxygens (including phenoxy) is 1. The van der Waals surface area contributed by atoms with Crippen LogP contribution in [0.4, 0.5) is 21.0 Å². The molecule has 0 spiro atoms. The van der Waals surface area contributed by atoms with E-state index in [1.165, 1.54) is 0 Å². The standard InChI is InChI=1S/C22H22N8O5/c23-21(33)27-25-17-13-5-1-3-7-15(13)29(19(17)31)9-11-35-12-10-30-16-8-4-2-6-14(16)18(20(30)32)26-28-22(24)34/h1-8,31-32H,9-12H2,(H2,23,33)(H2,24,34). The molecule has 0 aliphatic heterocycles. The van der Waals surface area contributed by atoms with Crippen molar-refractivity contribution in [3.8, 4) is 11.8 Å². The van der Waals surface area contributed by atoms with E-state index in [9.17, 15) is 19.8 Å². The number of hydrogen-bond acceptors (Lipinski definition) is 7. The maximum absolute atomic E-state index is 11.0. The van der Waals surface area contributed by atoms with Crippen molar-refractivity contribution in [3.05, 3.63) is 48.5 Å². The molecule has 0 aliphatic rings. The summed E-state index contributed by atoms with van der Waals surface area (Å²) in [5, 5.41) is 36.6. The number of nitrogens with two attached hydrogens (primary N) is 2. The summed E-state index contributed by atoms with van der Waals surface area (Å²) in [6.07, 6.45) is 0. The number of hydrogen-bond donors (Lipinski definition) is 4. The van der Waals surface area contributed by atoms with Gasteiger partial charge in [0, 0.05) is 23.9 Å². The average molecular weight is 478 g/mol. The van der Waals surface area contributed by atoms with E-state index in [1.54, 1.807) is 57.7 Å². The number of aromatic hydroxyl groups is 2. The van der Waals surface area contributed by atoms with Crippen LogP contribution in [0.3, 0.4) is 0 Å². The van der Waals surface area contributed by atoms with E-state index in [1.807, 2.05) is 0 Å². The van der Waals surface area contributed by atoms with Crippen molar-refractivity contribution >= 4 is 45.2 Å². The van der Waals surface area contributed by atoms with E-state index in [4.69, 9.17) is 16.2 Å². The lowest BCUT2D eigenvalue weighted by Crippen LogP contribution is -2.10. The third kappa shape index (κ3) is 4.79. The second kappa shape index (κ2) is 10.0. The molecule has 0 saturated carbocycles. The average Bonchev–Trinajstić information content (AvgIpc) is 3.26. The Kier molecular flexibility index (Phi) is 6.69. The van der Waals surface area contributed by atoms with Crippen LogP contribution in [0.2, 0.25) is 0 Å². The van der Waals surface area contributed by atoms with Gasteiger partial charge < -0.3 is 35.6 Å². The summed E-state index contributed by atoms with van der Waals surface area (Å²) >= 11 is 0. The van der Waals surface area contributed by atoms with Gasteiger partial charge >= 0.3 is 12.1 Å². The van der Waals surface area contributed by atoms with Crippen LogP contribution in [-0.4, -0.2) is 44.6 Å². The Morgan fingerprint density at radius 2 is 1.14 bits per heavy atom. The molecule has 4 aromatic rings. The van der Waals surface area contributed by atoms with E-state index < -0.39 is 12.1 Å². The minimum Gasteiger partial charge on any atom is -0.493 e. The fraction of sp³-hybridized carbons (Fsp3) is 0.182. The third-order valence-corrected chi connectivity index (χ3v) is 5.25. The molecule has 0 bridgehead atoms. The van der Waals surface area contributed by atoms with Gasteiger partial charge in [0.15, 0.2) is 11.4 Å². The molecule has 2 heterocycles. The SMILES string of the molecule is NC(=O)N=Nc1c(O)n(CCOCCn2c(O)c(N=NC(N)=O)c3ccccc32)c2ccccc12. The lowest BCUT2D eigenvalue weighted by Gasteiger charge is -2.10. The molecule has 0 fully saturated rings. The predicted molar refractivity (Wildman–Crippen MR) is 126 cm³/mol.